The van der Waals surface area contributed by atoms with Crippen molar-refractivity contribution in [3.63, 3.8) is 0 Å². The number of hydrogen-bond donors (Lipinski definition) is 0. The Morgan fingerprint density at radius 2 is 2.88 bits per heavy atom. The number of nitriles is 1. The molecule has 1 radical (unpaired) electrons. The van der Waals surface area contributed by atoms with Crippen molar-refractivity contribution < 1.29 is 0 Å². The van der Waals surface area contributed by atoms with E-state index in [0.717, 1.165) is 5.01 Å². The zero-order chi connectivity index (χ0) is 5.82. The Bertz CT molecular complexity index is 185. The van der Waals surface area contributed by atoms with Crippen LogP contribution in [0.4, 0.5) is 0 Å². The molecule has 3 heteroatoms. The van der Waals surface area contributed by atoms with Gasteiger partial charge in [0.2, 0.25) is 0 Å². The van der Waals surface area contributed by atoms with Crippen LogP contribution < -0.4 is 0 Å². The maximum Gasteiger partial charge on any atom is 0.107 e. The van der Waals surface area contributed by atoms with Gasteiger partial charge in [-0.2, -0.15) is 5.26 Å². The Labute approximate surface area is 51.4 Å². The minimum atomic E-state index is 0.411. The molecule has 0 unspecified atom stereocenters. The molecule has 0 aliphatic heterocycles. The highest BCUT2D eigenvalue weighted by molar-refractivity contribution is 7.09. The van der Waals surface area contributed by atoms with Gasteiger partial charge in [0.15, 0.2) is 0 Å². The van der Waals surface area contributed by atoms with Gasteiger partial charge in [-0.3, -0.25) is 0 Å². The Balaban J connectivity index is 2.67. The highest BCUT2D eigenvalue weighted by Crippen LogP contribution is 2.01. The first-order chi connectivity index (χ1) is 3.93. The van der Waals surface area contributed by atoms with Gasteiger partial charge in [-0.15, -0.1) is 11.3 Å². The topological polar surface area (TPSA) is 36.7 Å². The Morgan fingerprint density at radius 1 is 2.00 bits per heavy atom. The molecule has 0 bridgehead atoms. The summed E-state index contributed by atoms with van der Waals surface area (Å²) in [5.41, 5.74) is 0. The van der Waals surface area contributed by atoms with Gasteiger partial charge in [0.25, 0.3) is 0 Å². The average molecular weight is 123 g/mol. The second-order valence-electron chi connectivity index (χ2n) is 1.21. The number of nitrogens with zero attached hydrogens (tertiary/aromatic N) is 2. The predicted molar refractivity (Wildman–Crippen MR) is 30.3 cm³/mol. The van der Waals surface area contributed by atoms with Crippen molar-refractivity contribution in [1.29, 1.82) is 5.26 Å². The Hall–Kier alpha value is -0.880. The highest BCUT2D eigenvalue weighted by atomic mass is 32.1. The molecule has 0 aliphatic carbocycles. The van der Waals surface area contributed by atoms with E-state index in [1.165, 1.54) is 11.3 Å². The van der Waals surface area contributed by atoms with Crippen molar-refractivity contribution >= 4 is 11.3 Å². The summed E-state index contributed by atoms with van der Waals surface area (Å²) >= 11 is 1.46. The number of thiazole rings is 1. The lowest BCUT2D eigenvalue weighted by atomic mass is 10.5. The number of rotatable bonds is 1. The molecule has 8 heavy (non-hydrogen) atoms. The van der Waals surface area contributed by atoms with Crippen LogP contribution in [0, 0.1) is 17.5 Å². The molecule has 1 heterocycles. The van der Waals surface area contributed by atoms with E-state index in [-0.39, 0.29) is 0 Å². The summed E-state index contributed by atoms with van der Waals surface area (Å²) in [5.74, 6) is 0. The summed E-state index contributed by atoms with van der Waals surface area (Å²) in [5, 5.41) is 10.7. The third-order valence-electron chi connectivity index (χ3n) is 0.667. The minimum Gasteiger partial charge on any atom is -0.238 e. The van der Waals surface area contributed by atoms with Gasteiger partial charge < -0.3 is 0 Å². The van der Waals surface area contributed by atoms with E-state index >= 15 is 0 Å². The molecule has 1 aromatic heterocycles. The van der Waals surface area contributed by atoms with Crippen LogP contribution in [-0.2, 0) is 6.42 Å². The molecule has 2 nitrogen and oxygen atoms in total. The molecule has 0 fully saturated rings. The van der Waals surface area contributed by atoms with Crippen molar-refractivity contribution in [2.24, 2.45) is 0 Å². The third-order valence-corrected chi connectivity index (χ3v) is 1.40. The quantitative estimate of drug-likeness (QED) is 0.558. The standard InChI is InChI=1S/C5H3N2S/c6-2-1-5-7-3-4-8-5/h4H,1H2. The molecular weight excluding hydrogens is 120 g/mol. The van der Waals surface area contributed by atoms with E-state index < -0.39 is 0 Å². The molecule has 1 aromatic rings. The first-order valence-electron chi connectivity index (χ1n) is 2.11. The lowest BCUT2D eigenvalue weighted by Crippen LogP contribution is -1.74. The van der Waals surface area contributed by atoms with E-state index in [9.17, 15) is 0 Å². The van der Waals surface area contributed by atoms with Crippen LogP contribution in [0.2, 0.25) is 0 Å². The summed E-state index contributed by atoms with van der Waals surface area (Å²) < 4.78 is 0. The molecule has 0 atom stereocenters. The maximum atomic E-state index is 8.14. The van der Waals surface area contributed by atoms with E-state index in [1.807, 2.05) is 6.07 Å². The fraction of sp³-hybridized carbons (Fsp3) is 0.200. The fourth-order valence-corrected chi connectivity index (χ4v) is 0.863. The molecule has 39 valence electrons. The summed E-state index contributed by atoms with van der Waals surface area (Å²) in [6.07, 6.45) is 3.04. The van der Waals surface area contributed by atoms with E-state index in [4.69, 9.17) is 5.26 Å². The van der Waals surface area contributed by atoms with Crippen molar-refractivity contribution in [2.75, 3.05) is 0 Å². The molecule has 0 N–H and O–H groups in total. The zero-order valence-corrected chi connectivity index (χ0v) is 4.90. The molecule has 1 rings (SSSR count). The summed E-state index contributed by atoms with van der Waals surface area (Å²) in [7, 11) is 0. The lowest BCUT2D eigenvalue weighted by Gasteiger charge is -1.74. The Morgan fingerprint density at radius 3 is 3.38 bits per heavy atom. The second kappa shape index (κ2) is 2.43. The third kappa shape index (κ3) is 1.04. The van der Waals surface area contributed by atoms with Gasteiger partial charge in [-0.1, -0.05) is 0 Å². The zero-order valence-electron chi connectivity index (χ0n) is 4.09. The normalized spacial score (nSPS) is 8.38. The van der Waals surface area contributed by atoms with Crippen molar-refractivity contribution in [3.8, 4) is 6.07 Å². The van der Waals surface area contributed by atoms with Crippen LogP contribution in [0.25, 0.3) is 0 Å². The fourth-order valence-electron chi connectivity index (χ4n) is 0.368. The molecule has 0 saturated heterocycles. The van der Waals surface area contributed by atoms with Crippen LogP contribution in [0.5, 0.6) is 0 Å². The van der Waals surface area contributed by atoms with Crippen LogP contribution in [0.1, 0.15) is 5.01 Å². The minimum absolute atomic E-state index is 0.411. The molecule has 0 amide bonds. The van der Waals surface area contributed by atoms with Crippen LogP contribution >= 0.6 is 11.3 Å². The first kappa shape index (κ1) is 5.26. The van der Waals surface area contributed by atoms with E-state index in [2.05, 4.69) is 11.2 Å². The van der Waals surface area contributed by atoms with Crippen LogP contribution in [0.3, 0.4) is 0 Å². The SMILES string of the molecule is N#CCc1n[c]cs1. The lowest BCUT2D eigenvalue weighted by molar-refractivity contribution is 1.18. The van der Waals surface area contributed by atoms with Gasteiger partial charge in [0, 0.05) is 5.38 Å². The Kier molecular flexibility index (Phi) is 1.60. The monoisotopic (exact) mass is 123 g/mol. The van der Waals surface area contributed by atoms with Crippen molar-refractivity contribution in [1.82, 2.24) is 4.98 Å². The maximum absolute atomic E-state index is 8.14. The largest absolute Gasteiger partial charge is 0.238 e. The van der Waals surface area contributed by atoms with Crippen molar-refractivity contribution in [3.05, 3.63) is 16.6 Å². The number of aromatic nitrogens is 1. The second-order valence-corrected chi connectivity index (χ2v) is 2.15. The molecule has 0 spiro atoms. The smallest absolute Gasteiger partial charge is 0.107 e. The van der Waals surface area contributed by atoms with E-state index in [1.54, 1.807) is 5.38 Å². The molecule has 0 aliphatic rings. The molecule has 0 saturated carbocycles. The van der Waals surface area contributed by atoms with Gasteiger partial charge in [-0.25, -0.2) is 4.98 Å². The molecular formula is C5H3N2S. The predicted octanol–water partition coefficient (Wildman–Crippen LogP) is 1.01. The first-order valence-corrected chi connectivity index (χ1v) is 2.99. The summed E-state index contributed by atoms with van der Waals surface area (Å²) in [6.45, 7) is 0. The van der Waals surface area contributed by atoms with Crippen molar-refractivity contribution in [2.45, 2.75) is 6.42 Å². The average Bonchev–Trinajstić information content (AvgIpc) is 2.19. The summed E-state index contributed by atoms with van der Waals surface area (Å²) in [6, 6.07) is 2.00. The van der Waals surface area contributed by atoms with Gasteiger partial charge >= 0.3 is 0 Å². The van der Waals surface area contributed by atoms with Crippen LogP contribution in [0.15, 0.2) is 5.38 Å². The highest BCUT2D eigenvalue weighted by Gasteiger charge is 1.89. The summed E-state index contributed by atoms with van der Waals surface area (Å²) in [4.78, 5) is 3.78. The van der Waals surface area contributed by atoms with Gasteiger partial charge in [0.05, 0.1) is 12.5 Å². The van der Waals surface area contributed by atoms with Crippen LogP contribution in [-0.4, -0.2) is 4.98 Å². The van der Waals surface area contributed by atoms with Gasteiger partial charge in [0.1, 0.15) is 11.2 Å². The van der Waals surface area contributed by atoms with Gasteiger partial charge in [-0.05, 0) is 0 Å². The molecule has 0 aromatic carbocycles. The van der Waals surface area contributed by atoms with E-state index in [0.29, 0.717) is 6.42 Å². The number of hydrogen-bond acceptors (Lipinski definition) is 3.